The molecule has 0 spiro atoms. The average molecular weight is 171 g/mol. The third-order valence-corrected chi connectivity index (χ3v) is 2.24. The molecule has 1 atom stereocenters. The van der Waals surface area contributed by atoms with Gasteiger partial charge in [0.15, 0.2) is 0 Å². The fourth-order valence-electron chi connectivity index (χ4n) is 1.72. The van der Waals surface area contributed by atoms with E-state index >= 15 is 0 Å². The lowest BCUT2D eigenvalue weighted by atomic mass is 10.1. The average Bonchev–Trinajstić information content (AvgIpc) is 2.34. The summed E-state index contributed by atoms with van der Waals surface area (Å²) in [5, 5.41) is 8.74. The number of hydrogen-bond acceptors (Lipinski definition) is 2. The molecule has 0 amide bonds. The number of carboxylic acid groups (broad SMARTS) is 1. The minimum Gasteiger partial charge on any atom is -0.481 e. The Labute approximate surface area is 73.4 Å². The number of likely N-dealkylation sites (tertiary alicyclic amines) is 1. The van der Waals surface area contributed by atoms with Crippen LogP contribution < -0.4 is 0 Å². The second-order valence-electron chi connectivity index (χ2n) is 3.98. The lowest BCUT2D eigenvalue weighted by molar-refractivity contribution is -0.141. The Morgan fingerprint density at radius 2 is 2.33 bits per heavy atom. The Hall–Kier alpha value is -0.570. The van der Waals surface area contributed by atoms with Crippen LogP contribution in [0, 0.1) is 11.8 Å². The molecule has 0 aromatic heterocycles. The minimum absolute atomic E-state index is 0.122. The van der Waals surface area contributed by atoms with Crippen LogP contribution in [-0.2, 0) is 4.79 Å². The summed E-state index contributed by atoms with van der Waals surface area (Å²) < 4.78 is 0. The molecule has 0 aromatic carbocycles. The fourth-order valence-corrected chi connectivity index (χ4v) is 1.72. The van der Waals surface area contributed by atoms with Crippen LogP contribution in [0.3, 0.4) is 0 Å². The SMILES string of the molecule is CC(C)CN1CC[C@H](C(=O)O)C1. The van der Waals surface area contributed by atoms with Crippen LogP contribution in [0.25, 0.3) is 0 Å². The van der Waals surface area contributed by atoms with E-state index < -0.39 is 5.97 Å². The molecule has 0 aromatic rings. The van der Waals surface area contributed by atoms with E-state index in [-0.39, 0.29) is 5.92 Å². The van der Waals surface area contributed by atoms with Gasteiger partial charge in [-0.3, -0.25) is 4.79 Å². The lowest BCUT2D eigenvalue weighted by Crippen LogP contribution is -2.26. The third kappa shape index (κ3) is 2.48. The molecule has 1 saturated heterocycles. The van der Waals surface area contributed by atoms with Crippen molar-refractivity contribution in [2.75, 3.05) is 19.6 Å². The maximum Gasteiger partial charge on any atom is 0.307 e. The molecule has 1 aliphatic rings. The Kier molecular flexibility index (Phi) is 3.09. The molecule has 70 valence electrons. The lowest BCUT2D eigenvalue weighted by Gasteiger charge is -2.17. The molecule has 0 unspecified atom stereocenters. The van der Waals surface area contributed by atoms with Gasteiger partial charge in [-0.25, -0.2) is 0 Å². The summed E-state index contributed by atoms with van der Waals surface area (Å²) >= 11 is 0. The highest BCUT2D eigenvalue weighted by atomic mass is 16.4. The summed E-state index contributed by atoms with van der Waals surface area (Å²) in [5.41, 5.74) is 0. The molecule has 3 nitrogen and oxygen atoms in total. The molecule has 0 saturated carbocycles. The Morgan fingerprint density at radius 3 is 2.75 bits per heavy atom. The van der Waals surface area contributed by atoms with Gasteiger partial charge in [0.05, 0.1) is 5.92 Å². The number of aliphatic carboxylic acids is 1. The van der Waals surface area contributed by atoms with E-state index in [0.717, 1.165) is 26.1 Å². The second-order valence-corrected chi connectivity index (χ2v) is 3.98. The van der Waals surface area contributed by atoms with Crippen LogP contribution in [0.5, 0.6) is 0 Å². The summed E-state index contributed by atoms with van der Waals surface area (Å²) in [4.78, 5) is 12.8. The maximum absolute atomic E-state index is 10.6. The molecule has 12 heavy (non-hydrogen) atoms. The molecule has 0 aliphatic carbocycles. The summed E-state index contributed by atoms with van der Waals surface area (Å²) in [7, 11) is 0. The summed E-state index contributed by atoms with van der Waals surface area (Å²) in [6.07, 6.45) is 0.821. The Morgan fingerprint density at radius 1 is 1.67 bits per heavy atom. The van der Waals surface area contributed by atoms with Crippen molar-refractivity contribution < 1.29 is 9.90 Å². The molecule has 1 N–H and O–H groups in total. The van der Waals surface area contributed by atoms with Gasteiger partial charge in [-0.2, -0.15) is 0 Å². The topological polar surface area (TPSA) is 40.5 Å². The third-order valence-electron chi connectivity index (χ3n) is 2.24. The highest BCUT2D eigenvalue weighted by molar-refractivity contribution is 5.70. The molecule has 0 bridgehead atoms. The van der Waals surface area contributed by atoms with Gasteiger partial charge in [0.2, 0.25) is 0 Å². The van der Waals surface area contributed by atoms with Crippen molar-refractivity contribution in [3.05, 3.63) is 0 Å². The van der Waals surface area contributed by atoms with E-state index in [1.165, 1.54) is 0 Å². The molecular formula is C9H17NO2. The van der Waals surface area contributed by atoms with Gasteiger partial charge in [0, 0.05) is 13.1 Å². The normalized spacial score (nSPS) is 25.1. The molecule has 1 fully saturated rings. The number of carboxylic acids is 1. The number of hydrogen-bond donors (Lipinski definition) is 1. The molecule has 3 heteroatoms. The maximum atomic E-state index is 10.6. The van der Waals surface area contributed by atoms with E-state index in [9.17, 15) is 4.79 Å². The standard InChI is InChI=1S/C9H17NO2/c1-7(2)5-10-4-3-8(6-10)9(11)12/h7-8H,3-6H2,1-2H3,(H,11,12)/t8-/m0/s1. The zero-order valence-electron chi connectivity index (χ0n) is 7.79. The second kappa shape index (κ2) is 3.90. The first-order valence-electron chi connectivity index (χ1n) is 4.54. The van der Waals surface area contributed by atoms with Gasteiger partial charge < -0.3 is 10.0 Å². The van der Waals surface area contributed by atoms with Gasteiger partial charge in [-0.1, -0.05) is 13.8 Å². The van der Waals surface area contributed by atoms with Gasteiger partial charge in [0.1, 0.15) is 0 Å². The van der Waals surface area contributed by atoms with Gasteiger partial charge in [-0.05, 0) is 18.9 Å². The highest BCUT2D eigenvalue weighted by Crippen LogP contribution is 2.17. The van der Waals surface area contributed by atoms with Crippen molar-refractivity contribution in [1.29, 1.82) is 0 Å². The predicted molar refractivity (Wildman–Crippen MR) is 47.0 cm³/mol. The first-order chi connectivity index (χ1) is 5.59. The van der Waals surface area contributed by atoms with Crippen LogP contribution in [0.2, 0.25) is 0 Å². The van der Waals surface area contributed by atoms with Crippen molar-refractivity contribution in [1.82, 2.24) is 4.90 Å². The van der Waals surface area contributed by atoms with Crippen molar-refractivity contribution in [3.8, 4) is 0 Å². The van der Waals surface area contributed by atoms with Gasteiger partial charge in [-0.15, -0.1) is 0 Å². The first-order valence-corrected chi connectivity index (χ1v) is 4.54. The zero-order valence-corrected chi connectivity index (χ0v) is 7.79. The van der Waals surface area contributed by atoms with Gasteiger partial charge >= 0.3 is 5.97 Å². The molecule has 1 heterocycles. The van der Waals surface area contributed by atoms with Gasteiger partial charge in [0.25, 0.3) is 0 Å². The van der Waals surface area contributed by atoms with Crippen LogP contribution in [0.15, 0.2) is 0 Å². The number of rotatable bonds is 3. The molecule has 1 rings (SSSR count). The smallest absolute Gasteiger partial charge is 0.307 e. The van der Waals surface area contributed by atoms with E-state index in [1.807, 2.05) is 0 Å². The highest BCUT2D eigenvalue weighted by Gasteiger charge is 2.27. The Balaban J connectivity index is 2.30. The van der Waals surface area contributed by atoms with Crippen molar-refractivity contribution in [3.63, 3.8) is 0 Å². The molecular weight excluding hydrogens is 154 g/mol. The quantitative estimate of drug-likeness (QED) is 0.690. The van der Waals surface area contributed by atoms with Crippen molar-refractivity contribution >= 4 is 5.97 Å². The number of nitrogens with zero attached hydrogens (tertiary/aromatic N) is 1. The van der Waals surface area contributed by atoms with Crippen LogP contribution >= 0.6 is 0 Å². The van der Waals surface area contributed by atoms with Crippen LogP contribution in [-0.4, -0.2) is 35.6 Å². The predicted octanol–water partition coefficient (Wildman–Crippen LogP) is 1.05. The number of carbonyl (C=O) groups is 1. The molecule has 1 aliphatic heterocycles. The molecule has 0 radical (unpaired) electrons. The fraction of sp³-hybridized carbons (Fsp3) is 0.889. The first kappa shape index (κ1) is 9.52. The van der Waals surface area contributed by atoms with Crippen molar-refractivity contribution in [2.45, 2.75) is 20.3 Å². The largest absolute Gasteiger partial charge is 0.481 e. The van der Waals surface area contributed by atoms with Crippen LogP contribution in [0.1, 0.15) is 20.3 Å². The van der Waals surface area contributed by atoms with E-state index in [2.05, 4.69) is 18.7 Å². The summed E-state index contributed by atoms with van der Waals surface area (Å²) in [6, 6.07) is 0. The summed E-state index contributed by atoms with van der Waals surface area (Å²) in [5.74, 6) is -0.123. The van der Waals surface area contributed by atoms with E-state index in [1.54, 1.807) is 0 Å². The van der Waals surface area contributed by atoms with E-state index in [0.29, 0.717) is 5.92 Å². The zero-order chi connectivity index (χ0) is 9.14. The van der Waals surface area contributed by atoms with Crippen molar-refractivity contribution in [2.24, 2.45) is 11.8 Å². The van der Waals surface area contributed by atoms with Crippen LogP contribution in [0.4, 0.5) is 0 Å². The summed E-state index contributed by atoms with van der Waals surface area (Å²) in [6.45, 7) is 7.05. The minimum atomic E-state index is -0.638. The monoisotopic (exact) mass is 171 g/mol. The van der Waals surface area contributed by atoms with E-state index in [4.69, 9.17) is 5.11 Å². The Bertz CT molecular complexity index is 168.